The predicted molar refractivity (Wildman–Crippen MR) is 51.6 cm³/mol. The SMILES string of the molecule is CC(C)CCCC[N+](C)(C)C. The summed E-state index contributed by atoms with van der Waals surface area (Å²) in [4.78, 5) is 0. The Kier molecular flexibility index (Phi) is 4.74. The van der Waals surface area contributed by atoms with E-state index >= 15 is 0 Å². The highest BCUT2D eigenvalue weighted by Crippen LogP contribution is 2.07. The Hall–Kier alpha value is -0.0400. The van der Waals surface area contributed by atoms with Crippen LogP contribution < -0.4 is 0 Å². The van der Waals surface area contributed by atoms with Crippen LogP contribution in [-0.2, 0) is 0 Å². The lowest BCUT2D eigenvalue weighted by Crippen LogP contribution is -2.35. The van der Waals surface area contributed by atoms with Crippen molar-refractivity contribution < 1.29 is 4.48 Å². The van der Waals surface area contributed by atoms with Crippen LogP contribution >= 0.6 is 0 Å². The van der Waals surface area contributed by atoms with E-state index in [1.807, 2.05) is 0 Å². The topological polar surface area (TPSA) is 0 Å². The van der Waals surface area contributed by atoms with Crippen molar-refractivity contribution in [3.8, 4) is 0 Å². The van der Waals surface area contributed by atoms with E-state index in [9.17, 15) is 0 Å². The average molecular weight is 158 g/mol. The first kappa shape index (κ1) is 11.0. The minimum absolute atomic E-state index is 0.877. The Morgan fingerprint density at radius 2 is 1.55 bits per heavy atom. The van der Waals surface area contributed by atoms with Crippen molar-refractivity contribution in [2.45, 2.75) is 33.1 Å². The first-order valence-corrected chi connectivity index (χ1v) is 4.72. The fourth-order valence-electron chi connectivity index (χ4n) is 1.14. The zero-order valence-corrected chi connectivity index (χ0v) is 8.85. The maximum Gasteiger partial charge on any atom is 0.0780 e. The van der Waals surface area contributed by atoms with Gasteiger partial charge in [-0.2, -0.15) is 0 Å². The summed E-state index contributed by atoms with van der Waals surface area (Å²) in [6.45, 7) is 5.91. The minimum atomic E-state index is 0.877. The average Bonchev–Trinajstić information content (AvgIpc) is 1.78. The Bertz CT molecular complexity index is 89.5. The molecule has 0 spiro atoms. The van der Waals surface area contributed by atoms with Gasteiger partial charge in [-0.25, -0.2) is 0 Å². The summed E-state index contributed by atoms with van der Waals surface area (Å²) >= 11 is 0. The highest BCUT2D eigenvalue weighted by molar-refractivity contribution is 4.45. The number of unbranched alkanes of at least 4 members (excludes halogenated alkanes) is 1. The monoisotopic (exact) mass is 158 g/mol. The molecule has 0 radical (unpaired) electrons. The van der Waals surface area contributed by atoms with Crippen LogP contribution in [0.4, 0.5) is 0 Å². The van der Waals surface area contributed by atoms with E-state index in [1.165, 1.54) is 25.8 Å². The lowest BCUT2D eigenvalue weighted by molar-refractivity contribution is -0.870. The van der Waals surface area contributed by atoms with Gasteiger partial charge < -0.3 is 4.48 Å². The highest BCUT2D eigenvalue weighted by Gasteiger charge is 2.05. The zero-order valence-electron chi connectivity index (χ0n) is 8.85. The summed E-state index contributed by atoms with van der Waals surface area (Å²) in [5.74, 6) is 0.877. The Balaban J connectivity index is 3.15. The molecule has 1 nitrogen and oxygen atoms in total. The zero-order chi connectivity index (χ0) is 8.91. The van der Waals surface area contributed by atoms with Gasteiger partial charge in [-0.15, -0.1) is 0 Å². The van der Waals surface area contributed by atoms with E-state index in [0.717, 1.165) is 10.4 Å². The lowest BCUT2D eigenvalue weighted by Gasteiger charge is -2.23. The van der Waals surface area contributed by atoms with Crippen molar-refractivity contribution in [2.75, 3.05) is 27.7 Å². The maximum atomic E-state index is 2.30. The molecule has 1 heteroatoms. The molecule has 68 valence electrons. The summed E-state index contributed by atoms with van der Waals surface area (Å²) in [6, 6.07) is 0. The van der Waals surface area contributed by atoms with E-state index in [2.05, 4.69) is 35.0 Å². The van der Waals surface area contributed by atoms with Crippen LogP contribution in [0.15, 0.2) is 0 Å². The number of rotatable bonds is 5. The molecule has 0 unspecified atom stereocenters. The van der Waals surface area contributed by atoms with Gasteiger partial charge in [-0.3, -0.25) is 0 Å². The van der Waals surface area contributed by atoms with E-state index in [1.54, 1.807) is 0 Å². The van der Waals surface area contributed by atoms with E-state index < -0.39 is 0 Å². The van der Waals surface area contributed by atoms with Crippen molar-refractivity contribution in [3.05, 3.63) is 0 Å². The van der Waals surface area contributed by atoms with Gasteiger partial charge >= 0.3 is 0 Å². The predicted octanol–water partition coefficient (Wildman–Crippen LogP) is 2.52. The molecule has 0 rings (SSSR count). The Morgan fingerprint density at radius 1 is 1.00 bits per heavy atom. The smallest absolute Gasteiger partial charge is 0.0780 e. The van der Waals surface area contributed by atoms with Crippen molar-refractivity contribution in [2.24, 2.45) is 5.92 Å². The third-order valence-corrected chi connectivity index (χ3v) is 1.86. The molecule has 0 N–H and O–H groups in total. The summed E-state index contributed by atoms with van der Waals surface area (Å²) in [5, 5.41) is 0. The van der Waals surface area contributed by atoms with Gasteiger partial charge in [0, 0.05) is 0 Å². The molecule has 0 aromatic rings. The van der Waals surface area contributed by atoms with E-state index in [0.29, 0.717) is 0 Å². The number of hydrogen-bond acceptors (Lipinski definition) is 0. The van der Waals surface area contributed by atoms with Crippen LogP contribution in [0.3, 0.4) is 0 Å². The molecule has 0 aromatic carbocycles. The normalized spacial score (nSPS) is 12.5. The Morgan fingerprint density at radius 3 is 1.91 bits per heavy atom. The first-order valence-electron chi connectivity index (χ1n) is 4.72. The standard InChI is InChI=1S/C10H24N/c1-10(2)8-6-7-9-11(3,4)5/h10H,6-9H2,1-5H3/q+1. The third kappa shape index (κ3) is 9.96. The number of nitrogens with zero attached hydrogens (tertiary/aromatic N) is 1. The molecule has 0 fully saturated rings. The molecule has 0 amide bonds. The van der Waals surface area contributed by atoms with Gasteiger partial charge in [0.05, 0.1) is 27.7 Å². The molecule has 0 heterocycles. The van der Waals surface area contributed by atoms with Crippen molar-refractivity contribution >= 4 is 0 Å². The molecule has 0 saturated carbocycles. The van der Waals surface area contributed by atoms with Crippen LogP contribution in [0.1, 0.15) is 33.1 Å². The molecular formula is C10H24N+. The fourth-order valence-corrected chi connectivity index (χ4v) is 1.14. The van der Waals surface area contributed by atoms with Crippen molar-refractivity contribution in [3.63, 3.8) is 0 Å². The third-order valence-electron chi connectivity index (χ3n) is 1.86. The highest BCUT2D eigenvalue weighted by atomic mass is 15.3. The fraction of sp³-hybridized carbons (Fsp3) is 1.00. The number of quaternary nitrogens is 1. The number of hydrogen-bond donors (Lipinski definition) is 0. The molecule has 0 aliphatic rings. The first-order chi connectivity index (χ1) is 4.92. The van der Waals surface area contributed by atoms with Gasteiger partial charge in [0.2, 0.25) is 0 Å². The largest absolute Gasteiger partial charge is 0.331 e. The summed E-state index contributed by atoms with van der Waals surface area (Å²) in [7, 11) is 6.78. The lowest BCUT2D eigenvalue weighted by atomic mass is 10.1. The van der Waals surface area contributed by atoms with Gasteiger partial charge in [-0.1, -0.05) is 20.3 Å². The van der Waals surface area contributed by atoms with Gasteiger partial charge in [0.25, 0.3) is 0 Å². The molecule has 11 heavy (non-hydrogen) atoms. The molecule has 0 atom stereocenters. The van der Waals surface area contributed by atoms with Crippen LogP contribution in [-0.4, -0.2) is 32.2 Å². The van der Waals surface area contributed by atoms with E-state index in [4.69, 9.17) is 0 Å². The second-order valence-electron chi connectivity index (χ2n) is 4.90. The Labute approximate surface area is 72.0 Å². The van der Waals surface area contributed by atoms with Gasteiger partial charge in [-0.05, 0) is 18.8 Å². The van der Waals surface area contributed by atoms with Crippen LogP contribution in [0.5, 0.6) is 0 Å². The van der Waals surface area contributed by atoms with Crippen LogP contribution in [0.25, 0.3) is 0 Å². The molecule has 0 aliphatic carbocycles. The molecule has 0 aromatic heterocycles. The molecule has 0 aliphatic heterocycles. The van der Waals surface area contributed by atoms with Gasteiger partial charge in [0.1, 0.15) is 0 Å². The second-order valence-corrected chi connectivity index (χ2v) is 4.90. The summed E-state index contributed by atoms with van der Waals surface area (Å²) in [6.07, 6.45) is 4.16. The molecular weight excluding hydrogens is 134 g/mol. The molecule has 0 bridgehead atoms. The van der Waals surface area contributed by atoms with Crippen molar-refractivity contribution in [1.82, 2.24) is 0 Å². The maximum absolute atomic E-state index is 2.30. The van der Waals surface area contributed by atoms with Crippen LogP contribution in [0, 0.1) is 5.92 Å². The van der Waals surface area contributed by atoms with E-state index in [-0.39, 0.29) is 0 Å². The van der Waals surface area contributed by atoms with Gasteiger partial charge in [0.15, 0.2) is 0 Å². The minimum Gasteiger partial charge on any atom is -0.331 e. The second kappa shape index (κ2) is 4.76. The van der Waals surface area contributed by atoms with Crippen LogP contribution in [0.2, 0.25) is 0 Å². The summed E-state index contributed by atoms with van der Waals surface area (Å²) in [5.41, 5.74) is 0. The van der Waals surface area contributed by atoms with Crippen molar-refractivity contribution in [1.29, 1.82) is 0 Å². The summed E-state index contributed by atoms with van der Waals surface area (Å²) < 4.78 is 1.11. The quantitative estimate of drug-likeness (QED) is 0.426. The molecule has 0 saturated heterocycles.